The van der Waals surface area contributed by atoms with Gasteiger partial charge < -0.3 is 5.32 Å². The van der Waals surface area contributed by atoms with Gasteiger partial charge in [-0.1, -0.05) is 31.2 Å². The Bertz CT molecular complexity index is 79.8. The van der Waals surface area contributed by atoms with Crippen LogP contribution in [0.2, 0.25) is 0 Å². The van der Waals surface area contributed by atoms with Crippen LogP contribution < -0.4 is 10.0 Å². The molecule has 3 heteroatoms. The summed E-state index contributed by atoms with van der Waals surface area (Å²) >= 11 is 1.90. The Kier molecular flexibility index (Phi) is 9.57. The van der Waals surface area contributed by atoms with E-state index in [1.807, 2.05) is 33.1 Å². The molecular weight excluding hydrogens is 168 g/mol. The number of hydrogen-bond acceptors (Lipinski definition) is 3. The van der Waals surface area contributed by atoms with Crippen LogP contribution >= 0.6 is 11.9 Å². The molecule has 0 radical (unpaired) electrons. The second kappa shape index (κ2) is 9.36. The maximum atomic E-state index is 3.15. The van der Waals surface area contributed by atoms with Crippen molar-refractivity contribution in [2.75, 3.05) is 21.1 Å². The summed E-state index contributed by atoms with van der Waals surface area (Å²) in [5.74, 6) is 0. The van der Waals surface area contributed by atoms with E-state index >= 15 is 0 Å². The van der Waals surface area contributed by atoms with E-state index in [-0.39, 0.29) is 0 Å². The highest BCUT2D eigenvalue weighted by atomic mass is 32.2. The fourth-order valence-electron chi connectivity index (χ4n) is 1.35. The zero-order valence-corrected chi connectivity index (χ0v) is 9.34. The van der Waals surface area contributed by atoms with Crippen LogP contribution in [0, 0.1) is 0 Å². The quantitative estimate of drug-likeness (QED) is 0.652. The third-order valence-electron chi connectivity index (χ3n) is 1.84. The summed E-state index contributed by atoms with van der Waals surface area (Å²) in [6, 6.07) is 0. The molecule has 1 fully saturated rings. The molecule has 0 heterocycles. The van der Waals surface area contributed by atoms with E-state index in [0.29, 0.717) is 0 Å². The standard InChI is InChI=1S/C7H15NS.C2H7N/c1-8-9-7-5-3-2-4-6-7;1-3-2/h7-8H,2-6H2,1H3;3H,1-2H3. The average molecular weight is 190 g/mol. The Morgan fingerprint density at radius 1 is 1.00 bits per heavy atom. The van der Waals surface area contributed by atoms with Crippen molar-refractivity contribution in [2.45, 2.75) is 37.4 Å². The van der Waals surface area contributed by atoms with E-state index in [9.17, 15) is 0 Å². The van der Waals surface area contributed by atoms with Crippen LogP contribution in [0.1, 0.15) is 32.1 Å². The molecule has 0 saturated heterocycles. The molecular formula is C9H22N2S. The third-order valence-corrected chi connectivity index (χ3v) is 2.88. The van der Waals surface area contributed by atoms with Gasteiger partial charge >= 0.3 is 0 Å². The lowest BCUT2D eigenvalue weighted by atomic mass is 10.0. The fraction of sp³-hybridized carbons (Fsp3) is 1.00. The van der Waals surface area contributed by atoms with Crippen molar-refractivity contribution in [3.05, 3.63) is 0 Å². The van der Waals surface area contributed by atoms with Crippen LogP contribution in [0.3, 0.4) is 0 Å². The molecule has 74 valence electrons. The van der Waals surface area contributed by atoms with Gasteiger partial charge in [0.05, 0.1) is 0 Å². The van der Waals surface area contributed by atoms with Crippen LogP contribution in [-0.4, -0.2) is 26.4 Å². The van der Waals surface area contributed by atoms with Gasteiger partial charge in [-0.05, 0) is 34.0 Å². The molecule has 2 N–H and O–H groups in total. The maximum Gasteiger partial charge on any atom is 0.0192 e. The van der Waals surface area contributed by atoms with Gasteiger partial charge in [0.2, 0.25) is 0 Å². The van der Waals surface area contributed by atoms with Gasteiger partial charge in [0, 0.05) is 5.25 Å². The van der Waals surface area contributed by atoms with Gasteiger partial charge in [0.15, 0.2) is 0 Å². The van der Waals surface area contributed by atoms with E-state index in [4.69, 9.17) is 0 Å². The summed E-state index contributed by atoms with van der Waals surface area (Å²) in [6.07, 6.45) is 7.19. The molecule has 0 unspecified atom stereocenters. The largest absolute Gasteiger partial charge is 0.323 e. The van der Waals surface area contributed by atoms with E-state index in [1.165, 1.54) is 32.1 Å². The molecule has 0 aromatic rings. The monoisotopic (exact) mass is 190 g/mol. The van der Waals surface area contributed by atoms with Gasteiger partial charge in [-0.25, -0.2) is 0 Å². The molecule has 1 aliphatic rings. The first-order valence-electron chi connectivity index (χ1n) is 4.76. The molecule has 1 saturated carbocycles. The summed E-state index contributed by atoms with van der Waals surface area (Å²) in [7, 11) is 5.76. The molecule has 1 rings (SSSR count). The Balaban J connectivity index is 0.000000354. The minimum Gasteiger partial charge on any atom is -0.323 e. The molecule has 0 aromatic carbocycles. The minimum atomic E-state index is 0.906. The third kappa shape index (κ3) is 6.95. The highest BCUT2D eigenvalue weighted by Gasteiger charge is 2.11. The van der Waals surface area contributed by atoms with Crippen LogP contribution in [-0.2, 0) is 0 Å². The molecule has 12 heavy (non-hydrogen) atoms. The van der Waals surface area contributed by atoms with Gasteiger partial charge in [0.25, 0.3) is 0 Å². The molecule has 0 amide bonds. The van der Waals surface area contributed by atoms with Gasteiger partial charge in [-0.15, -0.1) is 0 Å². The molecule has 0 bridgehead atoms. The fourth-order valence-corrected chi connectivity index (χ4v) is 2.25. The van der Waals surface area contributed by atoms with E-state index in [2.05, 4.69) is 10.0 Å². The number of rotatable bonds is 2. The van der Waals surface area contributed by atoms with Crippen molar-refractivity contribution < 1.29 is 0 Å². The first-order valence-corrected chi connectivity index (χ1v) is 5.64. The Morgan fingerprint density at radius 3 is 1.92 bits per heavy atom. The average Bonchev–Trinajstić information content (AvgIpc) is 2.08. The van der Waals surface area contributed by atoms with Crippen LogP contribution in [0.4, 0.5) is 0 Å². The van der Waals surface area contributed by atoms with Crippen LogP contribution in [0.15, 0.2) is 0 Å². The highest BCUT2D eigenvalue weighted by Crippen LogP contribution is 2.25. The van der Waals surface area contributed by atoms with Crippen molar-refractivity contribution in [1.29, 1.82) is 0 Å². The predicted octanol–water partition coefficient (Wildman–Crippen LogP) is 2.02. The first kappa shape index (κ1) is 12.3. The second-order valence-electron chi connectivity index (χ2n) is 3.08. The Labute approximate surface area is 81.0 Å². The summed E-state index contributed by atoms with van der Waals surface area (Å²) in [4.78, 5) is 0. The molecule has 0 spiro atoms. The van der Waals surface area contributed by atoms with E-state index in [1.54, 1.807) is 0 Å². The zero-order valence-electron chi connectivity index (χ0n) is 8.52. The van der Waals surface area contributed by atoms with Crippen molar-refractivity contribution in [2.24, 2.45) is 0 Å². The lowest BCUT2D eigenvalue weighted by molar-refractivity contribution is 0.515. The number of hydrogen-bond donors (Lipinski definition) is 2. The predicted molar refractivity (Wildman–Crippen MR) is 58.5 cm³/mol. The normalized spacial score (nSPS) is 18.2. The molecule has 0 aliphatic heterocycles. The molecule has 1 aliphatic carbocycles. The smallest absolute Gasteiger partial charge is 0.0192 e. The highest BCUT2D eigenvalue weighted by molar-refractivity contribution is 7.98. The molecule has 0 atom stereocenters. The van der Waals surface area contributed by atoms with Crippen molar-refractivity contribution in [3.8, 4) is 0 Å². The lowest BCUT2D eigenvalue weighted by Gasteiger charge is -2.19. The van der Waals surface area contributed by atoms with Gasteiger partial charge in [-0.3, -0.25) is 4.72 Å². The minimum absolute atomic E-state index is 0.906. The van der Waals surface area contributed by atoms with E-state index in [0.717, 1.165) is 5.25 Å². The Hall–Kier alpha value is 0.270. The van der Waals surface area contributed by atoms with Crippen molar-refractivity contribution in [1.82, 2.24) is 10.0 Å². The maximum absolute atomic E-state index is 3.15. The summed E-state index contributed by atoms with van der Waals surface area (Å²) in [5.41, 5.74) is 0. The lowest BCUT2D eigenvalue weighted by Crippen LogP contribution is -2.12. The molecule has 2 nitrogen and oxygen atoms in total. The molecule has 0 aromatic heterocycles. The summed E-state index contributed by atoms with van der Waals surface area (Å²) < 4.78 is 3.15. The topological polar surface area (TPSA) is 24.1 Å². The summed E-state index contributed by atoms with van der Waals surface area (Å²) in [5, 5.41) is 3.66. The second-order valence-corrected chi connectivity index (χ2v) is 4.39. The SMILES string of the molecule is CNC.CNSC1CCCCC1. The first-order chi connectivity index (χ1) is 5.85. The van der Waals surface area contributed by atoms with Crippen molar-refractivity contribution in [3.63, 3.8) is 0 Å². The van der Waals surface area contributed by atoms with E-state index < -0.39 is 0 Å². The van der Waals surface area contributed by atoms with Crippen LogP contribution in [0.25, 0.3) is 0 Å². The van der Waals surface area contributed by atoms with Crippen LogP contribution in [0.5, 0.6) is 0 Å². The van der Waals surface area contributed by atoms with Crippen molar-refractivity contribution >= 4 is 11.9 Å². The summed E-state index contributed by atoms with van der Waals surface area (Å²) in [6.45, 7) is 0. The number of nitrogens with one attached hydrogen (secondary N) is 2. The van der Waals surface area contributed by atoms with Gasteiger partial charge in [-0.2, -0.15) is 0 Å². The van der Waals surface area contributed by atoms with Gasteiger partial charge in [0.1, 0.15) is 0 Å². The Morgan fingerprint density at radius 2 is 1.50 bits per heavy atom. The zero-order chi connectivity index (χ0) is 9.23.